The topological polar surface area (TPSA) is 24.5 Å². The summed E-state index contributed by atoms with van der Waals surface area (Å²) in [6.07, 6.45) is 0.293. The molecule has 12 heavy (non-hydrogen) atoms. The van der Waals surface area contributed by atoms with Gasteiger partial charge in [0.25, 0.3) is 0 Å². The van der Waals surface area contributed by atoms with E-state index in [0.29, 0.717) is 6.10 Å². The van der Waals surface area contributed by atoms with Crippen molar-refractivity contribution in [3.05, 3.63) is 0 Å². The number of nitrogens with zero attached hydrogens (tertiary/aromatic N) is 1. The smallest absolute Gasteiger partial charge is 0.168 e. The molecule has 72 valence electrons. The van der Waals surface area contributed by atoms with Crippen molar-refractivity contribution in [1.82, 2.24) is 10.2 Å². The second kappa shape index (κ2) is 6.20. The van der Waals surface area contributed by atoms with Crippen LogP contribution in [0.4, 0.5) is 0 Å². The fourth-order valence-electron chi connectivity index (χ4n) is 0.718. The maximum Gasteiger partial charge on any atom is 0.168 e. The fourth-order valence-corrected chi connectivity index (χ4v) is 0.809. The van der Waals surface area contributed by atoms with Crippen molar-refractivity contribution in [2.75, 3.05) is 27.2 Å². The van der Waals surface area contributed by atoms with Crippen molar-refractivity contribution in [3.63, 3.8) is 0 Å². The third-order valence-corrected chi connectivity index (χ3v) is 1.95. The molecule has 0 aliphatic carbocycles. The Morgan fingerprint density at radius 2 is 2.17 bits per heavy atom. The van der Waals surface area contributed by atoms with Crippen LogP contribution >= 0.6 is 12.2 Å². The summed E-state index contributed by atoms with van der Waals surface area (Å²) in [5, 5.41) is 3.66. The summed E-state index contributed by atoms with van der Waals surface area (Å²) in [6, 6.07) is 0. The molecule has 1 N–H and O–H groups in total. The maximum atomic E-state index is 5.38. The number of nitrogens with one attached hydrogen (secondary N) is 1. The Bertz CT molecular complexity index is 139. The van der Waals surface area contributed by atoms with Crippen molar-refractivity contribution in [1.29, 1.82) is 0 Å². The van der Waals surface area contributed by atoms with Crippen molar-refractivity contribution < 1.29 is 4.74 Å². The quantitative estimate of drug-likeness (QED) is 0.664. The fraction of sp³-hybridized carbons (Fsp3) is 0.875. The lowest BCUT2D eigenvalue weighted by atomic mass is 10.5. The number of ether oxygens (including phenoxy) is 1. The highest BCUT2D eigenvalue weighted by Crippen LogP contribution is 1.89. The lowest BCUT2D eigenvalue weighted by Gasteiger charge is -2.19. The van der Waals surface area contributed by atoms with E-state index in [4.69, 9.17) is 17.0 Å². The monoisotopic (exact) mass is 190 g/mol. The van der Waals surface area contributed by atoms with E-state index in [1.165, 1.54) is 0 Å². The molecular formula is C8H18N2OS. The van der Waals surface area contributed by atoms with Crippen molar-refractivity contribution >= 4 is 17.3 Å². The highest BCUT2D eigenvalue weighted by Gasteiger charge is 2.01. The number of rotatable bonds is 4. The van der Waals surface area contributed by atoms with E-state index in [1.807, 2.05) is 32.8 Å². The molecule has 3 nitrogen and oxygen atoms in total. The average Bonchev–Trinajstić information content (AvgIpc) is 2.02. The Morgan fingerprint density at radius 1 is 1.58 bits per heavy atom. The summed E-state index contributed by atoms with van der Waals surface area (Å²) in [5.74, 6) is 0. The second-order valence-corrected chi connectivity index (χ2v) is 3.28. The molecule has 0 atom stereocenters. The number of likely N-dealkylation sites (N-methyl/N-ethyl adjacent to an activating group) is 1. The summed E-state index contributed by atoms with van der Waals surface area (Å²) in [7, 11) is 3.77. The third-order valence-electron chi connectivity index (χ3n) is 1.44. The molecule has 0 fully saturated rings. The first-order valence-corrected chi connectivity index (χ1v) is 4.53. The van der Waals surface area contributed by atoms with Gasteiger partial charge in [0.1, 0.15) is 0 Å². The highest BCUT2D eigenvalue weighted by atomic mass is 32.1. The van der Waals surface area contributed by atoms with Crippen LogP contribution in [0.2, 0.25) is 0 Å². The molecule has 4 heteroatoms. The van der Waals surface area contributed by atoms with Crippen LogP contribution in [0, 0.1) is 0 Å². The molecular weight excluding hydrogens is 172 g/mol. The van der Waals surface area contributed by atoms with Gasteiger partial charge in [-0.25, -0.2) is 0 Å². The molecule has 0 aromatic carbocycles. The van der Waals surface area contributed by atoms with E-state index in [0.717, 1.165) is 18.3 Å². The first-order chi connectivity index (χ1) is 5.57. The molecule has 0 aliphatic heterocycles. The average molecular weight is 190 g/mol. The van der Waals surface area contributed by atoms with E-state index < -0.39 is 0 Å². The van der Waals surface area contributed by atoms with Gasteiger partial charge in [0.2, 0.25) is 0 Å². The lowest BCUT2D eigenvalue weighted by molar-refractivity contribution is 0.0724. The Kier molecular flexibility index (Phi) is 6.02. The van der Waals surface area contributed by atoms with Crippen molar-refractivity contribution in [3.8, 4) is 0 Å². The highest BCUT2D eigenvalue weighted by molar-refractivity contribution is 7.80. The zero-order chi connectivity index (χ0) is 9.56. The summed E-state index contributed by atoms with van der Waals surface area (Å²) in [5.41, 5.74) is 0. The first-order valence-electron chi connectivity index (χ1n) is 4.12. The van der Waals surface area contributed by atoms with Gasteiger partial charge >= 0.3 is 0 Å². The summed E-state index contributed by atoms with van der Waals surface area (Å²) >= 11 is 5.02. The van der Waals surface area contributed by atoms with E-state index in [9.17, 15) is 0 Å². The van der Waals surface area contributed by atoms with E-state index in [-0.39, 0.29) is 0 Å². The molecule has 0 bridgehead atoms. The summed E-state index contributed by atoms with van der Waals surface area (Å²) in [6.45, 7) is 5.60. The van der Waals surface area contributed by atoms with Gasteiger partial charge in [-0.05, 0) is 26.1 Å². The van der Waals surface area contributed by atoms with Crippen molar-refractivity contribution in [2.45, 2.75) is 20.0 Å². The molecule has 0 rings (SSSR count). The van der Waals surface area contributed by atoms with Crippen LogP contribution in [-0.2, 0) is 4.74 Å². The van der Waals surface area contributed by atoms with Gasteiger partial charge in [-0.2, -0.15) is 0 Å². The number of hydrogen-bond donors (Lipinski definition) is 1. The molecule has 0 aromatic rings. The van der Waals surface area contributed by atoms with Gasteiger partial charge in [0.15, 0.2) is 5.11 Å². The SMILES string of the molecule is CNC(=S)N(C)CCOC(C)C. The van der Waals surface area contributed by atoms with Gasteiger partial charge in [-0.3, -0.25) is 0 Å². The van der Waals surface area contributed by atoms with E-state index >= 15 is 0 Å². The van der Waals surface area contributed by atoms with Gasteiger partial charge in [0.05, 0.1) is 12.7 Å². The molecule has 0 amide bonds. The molecule has 0 aromatic heterocycles. The van der Waals surface area contributed by atoms with Crippen LogP contribution in [0.1, 0.15) is 13.8 Å². The Labute approximate surface area is 80.1 Å². The van der Waals surface area contributed by atoms with Crippen LogP contribution in [0.15, 0.2) is 0 Å². The maximum absolute atomic E-state index is 5.38. The zero-order valence-electron chi connectivity index (χ0n) is 8.26. The molecule has 0 spiro atoms. The van der Waals surface area contributed by atoms with Crippen LogP contribution < -0.4 is 5.32 Å². The van der Waals surface area contributed by atoms with Gasteiger partial charge in [0, 0.05) is 20.6 Å². The van der Waals surface area contributed by atoms with Crippen LogP contribution in [0.25, 0.3) is 0 Å². The van der Waals surface area contributed by atoms with Crippen LogP contribution in [0.3, 0.4) is 0 Å². The van der Waals surface area contributed by atoms with Gasteiger partial charge in [-0.15, -0.1) is 0 Å². The minimum atomic E-state index is 0.293. The zero-order valence-corrected chi connectivity index (χ0v) is 9.07. The van der Waals surface area contributed by atoms with Gasteiger partial charge in [-0.1, -0.05) is 0 Å². The predicted molar refractivity (Wildman–Crippen MR) is 55.4 cm³/mol. The third kappa shape index (κ3) is 5.32. The predicted octanol–water partition coefficient (Wildman–Crippen LogP) is 0.847. The Balaban J connectivity index is 3.43. The molecule has 0 aliphatic rings. The van der Waals surface area contributed by atoms with E-state index in [2.05, 4.69) is 5.32 Å². The minimum Gasteiger partial charge on any atom is -0.377 e. The molecule has 0 saturated heterocycles. The normalized spacial score (nSPS) is 10.1. The van der Waals surface area contributed by atoms with Gasteiger partial charge < -0.3 is 15.0 Å². The first kappa shape index (κ1) is 11.6. The van der Waals surface area contributed by atoms with Crippen molar-refractivity contribution in [2.24, 2.45) is 0 Å². The standard InChI is InChI=1S/C8H18N2OS/c1-7(2)11-6-5-10(4)8(12)9-3/h7H,5-6H2,1-4H3,(H,9,12). The van der Waals surface area contributed by atoms with E-state index in [1.54, 1.807) is 0 Å². The number of hydrogen-bond acceptors (Lipinski definition) is 2. The summed E-state index contributed by atoms with van der Waals surface area (Å²) in [4.78, 5) is 1.96. The molecule has 0 radical (unpaired) electrons. The molecule has 0 heterocycles. The minimum absolute atomic E-state index is 0.293. The number of thiocarbonyl (C=S) groups is 1. The molecule has 0 unspecified atom stereocenters. The lowest BCUT2D eigenvalue weighted by Crippen LogP contribution is -2.37. The Hall–Kier alpha value is -0.350. The Morgan fingerprint density at radius 3 is 2.58 bits per heavy atom. The van der Waals surface area contributed by atoms with Crippen LogP contribution in [0.5, 0.6) is 0 Å². The largest absolute Gasteiger partial charge is 0.377 e. The molecule has 0 saturated carbocycles. The second-order valence-electron chi connectivity index (χ2n) is 2.90. The summed E-state index contributed by atoms with van der Waals surface area (Å²) < 4.78 is 5.38. The van der Waals surface area contributed by atoms with Crippen LogP contribution in [-0.4, -0.2) is 43.4 Å².